The maximum absolute atomic E-state index is 4.42. The Morgan fingerprint density at radius 1 is 1.10 bits per heavy atom. The Hall–Kier alpha value is -3.28. The van der Waals surface area contributed by atoms with Crippen LogP contribution in [0.15, 0.2) is 72.2 Å². The van der Waals surface area contributed by atoms with Crippen LogP contribution in [0.1, 0.15) is 42.5 Å². The van der Waals surface area contributed by atoms with Gasteiger partial charge in [-0.15, -0.1) is 0 Å². The van der Waals surface area contributed by atoms with E-state index in [9.17, 15) is 0 Å². The van der Waals surface area contributed by atoms with Crippen LogP contribution in [-0.2, 0) is 13.1 Å². The number of hydrogen-bond acceptors (Lipinski definition) is 3. The van der Waals surface area contributed by atoms with Crippen molar-refractivity contribution in [1.29, 1.82) is 0 Å². The van der Waals surface area contributed by atoms with Crippen LogP contribution in [-0.4, -0.2) is 35.6 Å². The molecule has 2 aromatic carbocycles. The topological polar surface area (TPSA) is 57.5 Å². The van der Waals surface area contributed by atoms with Crippen molar-refractivity contribution in [2.45, 2.75) is 38.9 Å². The molecule has 0 saturated carbocycles. The molecule has 1 saturated heterocycles. The molecule has 0 spiro atoms. The van der Waals surface area contributed by atoms with Gasteiger partial charge in [0.2, 0.25) is 0 Å². The predicted octanol–water partition coefficient (Wildman–Crippen LogP) is 3.96. The van der Waals surface area contributed by atoms with Crippen molar-refractivity contribution in [2.75, 3.05) is 25.0 Å². The lowest BCUT2D eigenvalue weighted by atomic mass is 10.1. The third kappa shape index (κ3) is 5.66. The third-order valence-electron chi connectivity index (χ3n) is 5.79. The van der Waals surface area contributed by atoms with Gasteiger partial charge in [0.1, 0.15) is 0 Å². The highest BCUT2D eigenvalue weighted by atomic mass is 15.2. The van der Waals surface area contributed by atoms with Crippen LogP contribution in [0, 0.1) is 0 Å². The molecular weight excluding hydrogens is 384 g/mol. The first kappa shape index (κ1) is 21.0. The number of rotatable bonds is 7. The lowest BCUT2D eigenvalue weighted by Crippen LogP contribution is -2.38. The van der Waals surface area contributed by atoms with Gasteiger partial charge in [-0.3, -0.25) is 4.99 Å². The maximum Gasteiger partial charge on any atom is 0.191 e. The summed E-state index contributed by atoms with van der Waals surface area (Å²) in [5.74, 6) is 0.805. The molecule has 1 fully saturated rings. The van der Waals surface area contributed by atoms with E-state index in [1.165, 1.54) is 35.2 Å². The number of anilines is 1. The van der Waals surface area contributed by atoms with Gasteiger partial charge in [-0.1, -0.05) is 36.4 Å². The average molecular weight is 417 g/mol. The Morgan fingerprint density at radius 2 is 1.90 bits per heavy atom. The minimum atomic E-state index is 0.168. The summed E-state index contributed by atoms with van der Waals surface area (Å²) in [6.07, 6.45) is 8.22. The minimum absolute atomic E-state index is 0.168. The van der Waals surface area contributed by atoms with Crippen LogP contribution in [0.3, 0.4) is 0 Å². The molecule has 1 atom stereocenters. The zero-order chi connectivity index (χ0) is 21.5. The van der Waals surface area contributed by atoms with Crippen LogP contribution in [0.4, 0.5) is 5.69 Å². The molecule has 0 aliphatic carbocycles. The van der Waals surface area contributed by atoms with E-state index in [-0.39, 0.29) is 6.04 Å². The molecular formula is C25H32N6. The molecule has 0 amide bonds. The van der Waals surface area contributed by atoms with Gasteiger partial charge in [-0.05, 0) is 48.6 Å². The highest BCUT2D eigenvalue weighted by Crippen LogP contribution is 2.24. The number of benzene rings is 2. The molecule has 162 valence electrons. The van der Waals surface area contributed by atoms with Gasteiger partial charge < -0.3 is 20.1 Å². The summed E-state index contributed by atoms with van der Waals surface area (Å²) in [7, 11) is 1.82. The fourth-order valence-corrected chi connectivity index (χ4v) is 4.06. The first-order valence-electron chi connectivity index (χ1n) is 11.1. The first-order chi connectivity index (χ1) is 15.2. The lowest BCUT2D eigenvalue weighted by Gasteiger charge is -2.22. The molecule has 1 aliphatic rings. The van der Waals surface area contributed by atoms with E-state index in [2.05, 4.69) is 85.5 Å². The third-order valence-corrected chi connectivity index (χ3v) is 5.79. The van der Waals surface area contributed by atoms with E-state index in [1.54, 1.807) is 0 Å². The number of nitrogens with zero attached hydrogens (tertiary/aromatic N) is 4. The fourth-order valence-electron chi connectivity index (χ4n) is 4.06. The van der Waals surface area contributed by atoms with Crippen molar-refractivity contribution >= 4 is 11.6 Å². The number of guanidine groups is 1. The molecule has 4 rings (SSSR count). The number of aliphatic imine (C=N–C) groups is 1. The summed E-state index contributed by atoms with van der Waals surface area (Å²) in [6, 6.07) is 17.6. The SMILES string of the molecule is CN=C(NCc1cccc(Cn2ccnc2)c1)NC(C)c1cccc(N2CCCC2)c1. The lowest BCUT2D eigenvalue weighted by molar-refractivity contribution is 0.684. The van der Waals surface area contributed by atoms with Gasteiger partial charge in [-0.2, -0.15) is 0 Å². The van der Waals surface area contributed by atoms with E-state index >= 15 is 0 Å². The van der Waals surface area contributed by atoms with E-state index in [0.29, 0.717) is 0 Å². The van der Waals surface area contributed by atoms with E-state index in [0.717, 1.165) is 32.1 Å². The molecule has 1 unspecified atom stereocenters. The van der Waals surface area contributed by atoms with Crippen LogP contribution >= 0.6 is 0 Å². The van der Waals surface area contributed by atoms with Gasteiger partial charge >= 0.3 is 0 Å². The molecule has 0 bridgehead atoms. The van der Waals surface area contributed by atoms with E-state index in [1.807, 2.05) is 25.8 Å². The summed E-state index contributed by atoms with van der Waals surface area (Å²) in [6.45, 7) is 6.05. The number of hydrogen-bond donors (Lipinski definition) is 2. The molecule has 1 aromatic heterocycles. The van der Waals surface area contributed by atoms with Crippen LogP contribution < -0.4 is 15.5 Å². The quantitative estimate of drug-likeness (QED) is 0.452. The van der Waals surface area contributed by atoms with Crippen LogP contribution in [0.5, 0.6) is 0 Å². The average Bonchev–Trinajstić information content (AvgIpc) is 3.51. The Morgan fingerprint density at radius 3 is 2.68 bits per heavy atom. The highest BCUT2D eigenvalue weighted by Gasteiger charge is 2.14. The monoisotopic (exact) mass is 416 g/mol. The van der Waals surface area contributed by atoms with Crippen molar-refractivity contribution in [3.63, 3.8) is 0 Å². The molecule has 6 heteroatoms. The number of imidazole rings is 1. The molecule has 0 radical (unpaired) electrons. The summed E-state index contributed by atoms with van der Waals surface area (Å²) in [5.41, 5.74) is 5.08. The van der Waals surface area contributed by atoms with Crippen molar-refractivity contribution in [3.8, 4) is 0 Å². The second-order valence-electron chi connectivity index (χ2n) is 8.14. The Bertz CT molecular complexity index is 989. The molecule has 1 aliphatic heterocycles. The standard InChI is InChI=1S/C25H32N6/c1-20(23-9-6-10-24(16-23)31-12-3-4-13-31)29-25(26-2)28-17-21-7-5-8-22(15-21)18-30-14-11-27-19-30/h5-11,14-16,19-20H,3-4,12-13,17-18H2,1-2H3,(H2,26,28,29). The van der Waals surface area contributed by atoms with Gasteiger partial charge in [-0.25, -0.2) is 4.98 Å². The molecule has 2 N–H and O–H groups in total. The van der Waals surface area contributed by atoms with Crippen LogP contribution in [0.2, 0.25) is 0 Å². The smallest absolute Gasteiger partial charge is 0.191 e. The summed E-state index contributed by atoms with van der Waals surface area (Å²) in [5, 5.41) is 6.98. The minimum Gasteiger partial charge on any atom is -0.372 e. The van der Waals surface area contributed by atoms with Crippen molar-refractivity contribution in [1.82, 2.24) is 20.2 Å². The van der Waals surface area contributed by atoms with Gasteiger partial charge in [0, 0.05) is 51.3 Å². The maximum atomic E-state index is 4.42. The second-order valence-corrected chi connectivity index (χ2v) is 8.14. The van der Waals surface area contributed by atoms with Crippen molar-refractivity contribution in [3.05, 3.63) is 83.9 Å². The largest absolute Gasteiger partial charge is 0.372 e. The van der Waals surface area contributed by atoms with Gasteiger partial charge in [0.25, 0.3) is 0 Å². The summed E-state index contributed by atoms with van der Waals surface area (Å²) in [4.78, 5) is 11.0. The zero-order valence-electron chi connectivity index (χ0n) is 18.5. The summed E-state index contributed by atoms with van der Waals surface area (Å²) >= 11 is 0. The Labute approximate surface area is 185 Å². The number of nitrogens with one attached hydrogen (secondary N) is 2. The van der Waals surface area contributed by atoms with Gasteiger partial charge in [0.05, 0.1) is 12.4 Å². The Balaban J connectivity index is 1.34. The number of aromatic nitrogens is 2. The first-order valence-corrected chi connectivity index (χ1v) is 11.1. The van der Waals surface area contributed by atoms with Crippen molar-refractivity contribution in [2.24, 2.45) is 4.99 Å². The second kappa shape index (κ2) is 10.2. The van der Waals surface area contributed by atoms with E-state index in [4.69, 9.17) is 0 Å². The van der Waals surface area contributed by atoms with Gasteiger partial charge in [0.15, 0.2) is 5.96 Å². The molecule has 6 nitrogen and oxygen atoms in total. The van der Waals surface area contributed by atoms with E-state index < -0.39 is 0 Å². The molecule has 3 aromatic rings. The molecule has 2 heterocycles. The Kier molecular flexibility index (Phi) is 6.87. The molecule has 31 heavy (non-hydrogen) atoms. The van der Waals surface area contributed by atoms with Crippen LogP contribution in [0.25, 0.3) is 0 Å². The summed E-state index contributed by atoms with van der Waals surface area (Å²) < 4.78 is 2.07. The van der Waals surface area contributed by atoms with Crippen molar-refractivity contribution < 1.29 is 0 Å². The predicted molar refractivity (Wildman–Crippen MR) is 127 cm³/mol. The zero-order valence-corrected chi connectivity index (χ0v) is 18.5. The highest BCUT2D eigenvalue weighted by molar-refractivity contribution is 5.80. The fraction of sp³-hybridized carbons (Fsp3) is 0.360. The normalized spacial score (nSPS) is 15.2.